The van der Waals surface area contributed by atoms with Gasteiger partial charge in [0.05, 0.1) is 13.2 Å². The first-order chi connectivity index (χ1) is 12.6. The van der Waals surface area contributed by atoms with Crippen molar-refractivity contribution in [3.05, 3.63) is 59.2 Å². The van der Waals surface area contributed by atoms with E-state index in [1.807, 2.05) is 12.1 Å². The third-order valence-corrected chi connectivity index (χ3v) is 4.02. The Morgan fingerprint density at radius 1 is 0.963 bits per heavy atom. The van der Waals surface area contributed by atoms with Crippen molar-refractivity contribution in [2.45, 2.75) is 46.4 Å². The highest BCUT2D eigenvalue weighted by atomic mass is 35.5. The molecule has 27 heavy (non-hydrogen) atoms. The van der Waals surface area contributed by atoms with E-state index >= 15 is 0 Å². The van der Waals surface area contributed by atoms with E-state index in [-0.39, 0.29) is 12.4 Å². The fourth-order valence-corrected chi connectivity index (χ4v) is 2.54. The molecule has 0 radical (unpaired) electrons. The van der Waals surface area contributed by atoms with Crippen LogP contribution in [0, 0.1) is 6.92 Å². The van der Waals surface area contributed by atoms with Gasteiger partial charge in [-0.15, -0.1) is 12.4 Å². The summed E-state index contributed by atoms with van der Waals surface area (Å²) in [6.07, 6.45) is 1.30. The van der Waals surface area contributed by atoms with Crippen molar-refractivity contribution >= 4 is 12.4 Å². The van der Waals surface area contributed by atoms with Crippen molar-refractivity contribution in [2.24, 2.45) is 0 Å². The van der Waals surface area contributed by atoms with E-state index in [0.717, 1.165) is 43.2 Å². The van der Waals surface area contributed by atoms with E-state index in [9.17, 15) is 0 Å². The zero-order valence-corrected chi connectivity index (χ0v) is 17.6. The molecule has 0 aromatic heterocycles. The molecule has 150 valence electrons. The first kappa shape index (κ1) is 23.3. The van der Waals surface area contributed by atoms with Crippen LogP contribution in [0.5, 0.6) is 11.5 Å². The SMILES string of the molecule is COc1cc(CNCCCOC(C)C)ccc1OCc1ccc(C)cc1.Cl. The van der Waals surface area contributed by atoms with Crippen molar-refractivity contribution in [1.29, 1.82) is 0 Å². The third-order valence-electron chi connectivity index (χ3n) is 4.02. The summed E-state index contributed by atoms with van der Waals surface area (Å²) in [6, 6.07) is 14.4. The Balaban J connectivity index is 0.00000364. The van der Waals surface area contributed by atoms with Crippen LogP contribution in [0.1, 0.15) is 37.0 Å². The van der Waals surface area contributed by atoms with E-state index in [2.05, 4.69) is 56.4 Å². The summed E-state index contributed by atoms with van der Waals surface area (Å²) >= 11 is 0. The zero-order chi connectivity index (χ0) is 18.8. The normalized spacial score (nSPS) is 10.6. The molecule has 2 aromatic carbocycles. The fourth-order valence-electron chi connectivity index (χ4n) is 2.54. The number of rotatable bonds is 11. The van der Waals surface area contributed by atoms with Gasteiger partial charge in [0, 0.05) is 13.2 Å². The summed E-state index contributed by atoms with van der Waals surface area (Å²) in [7, 11) is 1.68. The number of nitrogens with one attached hydrogen (secondary N) is 1. The van der Waals surface area contributed by atoms with Gasteiger partial charge in [0.25, 0.3) is 0 Å². The van der Waals surface area contributed by atoms with Gasteiger partial charge in [-0.3, -0.25) is 0 Å². The molecule has 4 nitrogen and oxygen atoms in total. The van der Waals surface area contributed by atoms with Crippen LogP contribution in [0.3, 0.4) is 0 Å². The van der Waals surface area contributed by atoms with Crippen molar-refractivity contribution in [3.63, 3.8) is 0 Å². The van der Waals surface area contributed by atoms with E-state index in [1.54, 1.807) is 7.11 Å². The van der Waals surface area contributed by atoms with Crippen LogP contribution >= 0.6 is 12.4 Å². The van der Waals surface area contributed by atoms with Gasteiger partial charge in [-0.1, -0.05) is 35.9 Å². The number of aryl methyl sites for hydroxylation is 1. The van der Waals surface area contributed by atoms with Gasteiger partial charge in [0.1, 0.15) is 6.61 Å². The highest BCUT2D eigenvalue weighted by Gasteiger charge is 2.06. The minimum Gasteiger partial charge on any atom is -0.493 e. The molecular formula is C22H32ClNO3. The molecule has 0 fully saturated rings. The maximum absolute atomic E-state index is 5.93. The van der Waals surface area contributed by atoms with Crippen LogP contribution < -0.4 is 14.8 Å². The second kappa shape index (κ2) is 12.6. The molecule has 0 aliphatic heterocycles. The average Bonchev–Trinajstić information content (AvgIpc) is 2.64. The van der Waals surface area contributed by atoms with Crippen LogP contribution in [0.2, 0.25) is 0 Å². The van der Waals surface area contributed by atoms with E-state index in [1.165, 1.54) is 11.1 Å². The lowest BCUT2D eigenvalue weighted by Gasteiger charge is -2.13. The second-order valence-corrected chi connectivity index (χ2v) is 6.71. The molecular weight excluding hydrogens is 362 g/mol. The summed E-state index contributed by atoms with van der Waals surface area (Å²) in [4.78, 5) is 0. The first-order valence-electron chi connectivity index (χ1n) is 9.26. The topological polar surface area (TPSA) is 39.7 Å². The summed E-state index contributed by atoms with van der Waals surface area (Å²) in [5.74, 6) is 1.53. The number of methoxy groups -OCH3 is 1. The quantitative estimate of drug-likeness (QED) is 0.550. The maximum Gasteiger partial charge on any atom is 0.161 e. The fraction of sp³-hybridized carbons (Fsp3) is 0.455. The Morgan fingerprint density at radius 3 is 2.33 bits per heavy atom. The van der Waals surface area contributed by atoms with Gasteiger partial charge in [0.15, 0.2) is 11.5 Å². The van der Waals surface area contributed by atoms with Crippen molar-refractivity contribution in [2.75, 3.05) is 20.3 Å². The molecule has 1 N–H and O–H groups in total. The van der Waals surface area contributed by atoms with E-state index in [0.29, 0.717) is 12.7 Å². The lowest BCUT2D eigenvalue weighted by atomic mass is 10.1. The Morgan fingerprint density at radius 2 is 1.67 bits per heavy atom. The number of halogens is 1. The van der Waals surface area contributed by atoms with Gasteiger partial charge in [-0.25, -0.2) is 0 Å². The van der Waals surface area contributed by atoms with Gasteiger partial charge in [0.2, 0.25) is 0 Å². The van der Waals surface area contributed by atoms with Gasteiger partial charge in [-0.05, 0) is 57.0 Å². The lowest BCUT2D eigenvalue weighted by molar-refractivity contribution is 0.0770. The second-order valence-electron chi connectivity index (χ2n) is 6.71. The highest BCUT2D eigenvalue weighted by Crippen LogP contribution is 2.28. The maximum atomic E-state index is 5.93. The highest BCUT2D eigenvalue weighted by molar-refractivity contribution is 5.85. The van der Waals surface area contributed by atoms with Gasteiger partial charge >= 0.3 is 0 Å². The van der Waals surface area contributed by atoms with E-state index < -0.39 is 0 Å². The van der Waals surface area contributed by atoms with Crippen LogP contribution in [-0.4, -0.2) is 26.4 Å². The number of hydrogen-bond acceptors (Lipinski definition) is 4. The molecule has 0 aliphatic carbocycles. The van der Waals surface area contributed by atoms with E-state index in [4.69, 9.17) is 14.2 Å². The summed E-state index contributed by atoms with van der Waals surface area (Å²) in [5, 5.41) is 3.43. The molecule has 0 saturated heterocycles. The molecule has 0 heterocycles. The molecule has 0 atom stereocenters. The number of benzene rings is 2. The first-order valence-corrected chi connectivity index (χ1v) is 9.26. The Hall–Kier alpha value is -1.75. The molecule has 0 spiro atoms. The molecule has 2 rings (SSSR count). The van der Waals surface area contributed by atoms with Gasteiger partial charge < -0.3 is 19.5 Å². The molecule has 0 amide bonds. The zero-order valence-electron chi connectivity index (χ0n) is 16.8. The monoisotopic (exact) mass is 393 g/mol. The molecule has 0 aliphatic rings. The molecule has 5 heteroatoms. The third kappa shape index (κ3) is 8.65. The van der Waals surface area contributed by atoms with Crippen molar-refractivity contribution in [3.8, 4) is 11.5 Å². The Kier molecular flexibility index (Phi) is 10.9. The molecule has 2 aromatic rings. The van der Waals surface area contributed by atoms with Crippen LogP contribution in [0.4, 0.5) is 0 Å². The minimum atomic E-state index is 0. The largest absolute Gasteiger partial charge is 0.493 e. The lowest BCUT2D eigenvalue weighted by Crippen LogP contribution is -2.17. The molecule has 0 unspecified atom stereocenters. The Labute approximate surface area is 169 Å². The standard InChI is InChI=1S/C22H31NO3.ClH/c1-17(2)25-13-5-12-23-15-20-10-11-21(22(14-20)24-4)26-16-19-8-6-18(3)7-9-19;/h6-11,14,17,23H,5,12-13,15-16H2,1-4H3;1H. The summed E-state index contributed by atoms with van der Waals surface area (Å²) in [6.45, 7) is 9.25. The predicted molar refractivity (Wildman–Crippen MR) is 113 cm³/mol. The summed E-state index contributed by atoms with van der Waals surface area (Å²) < 4.78 is 17.0. The number of ether oxygens (including phenoxy) is 3. The average molecular weight is 394 g/mol. The van der Waals surface area contributed by atoms with Crippen LogP contribution in [0.25, 0.3) is 0 Å². The van der Waals surface area contributed by atoms with Crippen LogP contribution in [0.15, 0.2) is 42.5 Å². The Bertz CT molecular complexity index is 659. The van der Waals surface area contributed by atoms with Crippen molar-refractivity contribution < 1.29 is 14.2 Å². The summed E-state index contributed by atoms with van der Waals surface area (Å²) in [5.41, 5.74) is 3.57. The van der Waals surface area contributed by atoms with Crippen molar-refractivity contribution in [1.82, 2.24) is 5.32 Å². The van der Waals surface area contributed by atoms with Gasteiger partial charge in [-0.2, -0.15) is 0 Å². The van der Waals surface area contributed by atoms with Crippen LogP contribution in [-0.2, 0) is 17.9 Å². The number of hydrogen-bond donors (Lipinski definition) is 1. The minimum absolute atomic E-state index is 0. The predicted octanol–water partition coefficient (Wildman–Crippen LogP) is 4.91. The molecule has 0 bridgehead atoms. The molecule has 0 saturated carbocycles. The smallest absolute Gasteiger partial charge is 0.161 e.